The molecule has 48 heavy (non-hydrogen) atoms. The van der Waals surface area contributed by atoms with Gasteiger partial charge in [-0.2, -0.15) is 20.2 Å². The minimum atomic E-state index is -0.989. The predicted molar refractivity (Wildman–Crippen MR) is 182 cm³/mol. The van der Waals surface area contributed by atoms with Crippen molar-refractivity contribution in [2.24, 2.45) is 22.0 Å². The van der Waals surface area contributed by atoms with Crippen molar-refractivity contribution in [3.63, 3.8) is 0 Å². The number of carbonyl (C=O) groups excluding carboxylic acids is 2. The number of aromatic hydroxyl groups is 2. The molecule has 0 radical (unpaired) electrons. The molecule has 4 heterocycles. The Morgan fingerprint density at radius 3 is 1.69 bits per heavy atom. The Morgan fingerprint density at radius 1 is 0.750 bits per heavy atom. The number of phenolic OH excluding ortho intramolecular Hbond substituents is 2. The second-order valence-electron chi connectivity index (χ2n) is 11.2. The van der Waals surface area contributed by atoms with Crippen molar-refractivity contribution in [3.8, 4) is 34.0 Å². The number of hydrogen-bond acceptors (Lipinski definition) is 12. The van der Waals surface area contributed by atoms with Crippen molar-refractivity contribution in [1.29, 1.82) is 0 Å². The summed E-state index contributed by atoms with van der Waals surface area (Å²) in [6.45, 7) is 3.35. The second kappa shape index (κ2) is 12.1. The average Bonchev–Trinajstić information content (AvgIpc) is 3.87. The monoisotopic (exact) mass is 679 g/mol. The van der Waals surface area contributed by atoms with E-state index in [1.165, 1.54) is 50.9 Å². The van der Waals surface area contributed by atoms with Gasteiger partial charge in [-0.05, 0) is 43.7 Å². The molecule has 2 aromatic heterocycles. The molecule has 0 unspecified atom stereocenters. The summed E-state index contributed by atoms with van der Waals surface area (Å²) in [6, 6.07) is 19.3. The number of non-ortho nitro benzene ring substituents is 1. The molecule has 0 spiro atoms. The molecule has 240 valence electrons. The minimum Gasteiger partial charge on any atom is -0.507 e. The number of anilines is 2. The summed E-state index contributed by atoms with van der Waals surface area (Å²) in [4.78, 5) is 48.9. The Labute approximate surface area is 280 Å². The molecule has 0 saturated carbocycles. The number of aromatic nitrogens is 2. The van der Waals surface area contributed by atoms with Crippen molar-refractivity contribution in [3.05, 3.63) is 99.2 Å². The number of hydrogen-bond donors (Lipinski definition) is 2. The van der Waals surface area contributed by atoms with E-state index in [1.807, 2.05) is 0 Å². The molecule has 3 aromatic carbocycles. The van der Waals surface area contributed by atoms with Gasteiger partial charge in [0.05, 0.1) is 28.1 Å². The average molecular weight is 680 g/mol. The van der Waals surface area contributed by atoms with Gasteiger partial charge in [-0.25, -0.2) is 9.97 Å². The number of carbonyl (C=O) groups is 2. The fraction of sp³-hybridized carbons (Fsp3) is 0.152. The van der Waals surface area contributed by atoms with Crippen LogP contribution in [-0.2, 0) is 9.59 Å². The Balaban J connectivity index is 1.25. The van der Waals surface area contributed by atoms with Crippen LogP contribution in [0.5, 0.6) is 11.5 Å². The Hall–Kier alpha value is -5.80. The molecular weight excluding hydrogens is 655 g/mol. The van der Waals surface area contributed by atoms with Crippen LogP contribution in [0.4, 0.5) is 16.0 Å². The van der Waals surface area contributed by atoms with Crippen LogP contribution < -0.4 is 10.0 Å². The van der Waals surface area contributed by atoms with Crippen molar-refractivity contribution >= 4 is 61.9 Å². The molecule has 0 fully saturated rings. The van der Waals surface area contributed by atoms with Crippen LogP contribution in [0.2, 0.25) is 0 Å². The third kappa shape index (κ3) is 5.28. The lowest BCUT2D eigenvalue weighted by Gasteiger charge is -2.28. The highest BCUT2D eigenvalue weighted by Gasteiger charge is 2.51. The molecular formula is C33H25N7O6S2. The van der Waals surface area contributed by atoms with Gasteiger partial charge in [0.1, 0.15) is 11.5 Å². The van der Waals surface area contributed by atoms with Gasteiger partial charge < -0.3 is 10.2 Å². The molecule has 0 saturated heterocycles. The highest BCUT2D eigenvalue weighted by atomic mass is 32.1. The first-order valence-electron chi connectivity index (χ1n) is 14.6. The van der Waals surface area contributed by atoms with Crippen LogP contribution in [0.15, 0.2) is 93.8 Å². The summed E-state index contributed by atoms with van der Waals surface area (Å²) in [6.07, 6.45) is 0. The Morgan fingerprint density at radius 2 is 1.23 bits per heavy atom. The maximum atomic E-state index is 14.3. The maximum absolute atomic E-state index is 14.3. The van der Waals surface area contributed by atoms with Gasteiger partial charge in [0.2, 0.25) is 10.3 Å². The third-order valence-electron chi connectivity index (χ3n) is 8.26. The van der Waals surface area contributed by atoms with Gasteiger partial charge in [-0.15, -0.1) is 22.7 Å². The lowest BCUT2D eigenvalue weighted by Crippen LogP contribution is -2.40. The first-order chi connectivity index (χ1) is 23.1. The van der Waals surface area contributed by atoms with Gasteiger partial charge in [0.25, 0.3) is 17.5 Å². The number of hydrazone groups is 2. The highest BCUT2D eigenvalue weighted by Crippen LogP contribution is 2.45. The predicted octanol–water partition coefficient (Wildman–Crippen LogP) is 6.41. The SMILES string of the molecule is CC1=NN(c2nc(-c3ccccc3O)cs2)C(=O)[C@@H]1C(c1cccc([N+](=O)[O-])c1)[C@H]1C(=O)N(c2nc(-c3ccccc3O)cs2)N=C1C. The van der Waals surface area contributed by atoms with Crippen LogP contribution in [0.3, 0.4) is 0 Å². The van der Waals surface area contributed by atoms with E-state index in [4.69, 9.17) is 0 Å². The molecule has 5 aromatic rings. The minimum absolute atomic E-state index is 0.0392. The summed E-state index contributed by atoms with van der Waals surface area (Å²) in [5.41, 5.74) is 2.91. The second-order valence-corrected chi connectivity index (χ2v) is 12.9. The molecule has 2 atom stereocenters. The first kappa shape index (κ1) is 30.8. The van der Waals surface area contributed by atoms with E-state index in [-0.39, 0.29) is 27.4 Å². The zero-order valence-electron chi connectivity index (χ0n) is 25.3. The van der Waals surface area contributed by atoms with E-state index in [2.05, 4.69) is 20.2 Å². The number of phenols is 2. The highest BCUT2D eigenvalue weighted by molar-refractivity contribution is 7.14. The number of thiazole rings is 2. The molecule has 0 aliphatic carbocycles. The summed E-state index contributed by atoms with van der Waals surface area (Å²) in [5, 5.41) is 47.9. The van der Waals surface area contributed by atoms with E-state index in [0.717, 1.165) is 0 Å². The van der Waals surface area contributed by atoms with Crippen molar-refractivity contribution in [1.82, 2.24) is 9.97 Å². The topological polar surface area (TPSA) is 175 Å². The summed E-state index contributed by atoms with van der Waals surface area (Å²) >= 11 is 2.33. The van der Waals surface area contributed by atoms with E-state index in [1.54, 1.807) is 79.2 Å². The van der Waals surface area contributed by atoms with E-state index in [0.29, 0.717) is 39.5 Å². The Kier molecular flexibility index (Phi) is 7.77. The van der Waals surface area contributed by atoms with Crippen LogP contribution >= 0.6 is 22.7 Å². The molecule has 7 rings (SSSR count). The first-order valence-corrected chi connectivity index (χ1v) is 16.4. The number of nitro benzene ring substituents is 1. The number of amides is 2. The number of rotatable bonds is 8. The Bertz CT molecular complexity index is 2050. The zero-order valence-corrected chi connectivity index (χ0v) is 26.9. The smallest absolute Gasteiger partial charge is 0.269 e. The standard InChI is InChI=1S/C33H25N7O6S2/c1-17-27(30(43)38(36-17)32-34-23(15-47-32)21-10-3-5-12-25(21)41)29(19-8-7-9-20(14-19)40(45)46)28-18(2)37-39(31(28)44)33-35-24(16-48-33)22-11-4-6-13-26(22)42/h3-16,27-29,41-42H,1-2H3/t27-,28-/m0/s1. The van der Waals surface area contributed by atoms with Crippen molar-refractivity contribution < 1.29 is 24.7 Å². The lowest BCUT2D eigenvalue weighted by atomic mass is 9.73. The van der Waals surface area contributed by atoms with Crippen LogP contribution in [0, 0.1) is 22.0 Å². The van der Waals surface area contributed by atoms with Gasteiger partial charge in [-0.3, -0.25) is 19.7 Å². The normalized spacial score (nSPS) is 17.7. The number of nitro groups is 1. The van der Waals surface area contributed by atoms with Crippen LogP contribution in [0.1, 0.15) is 25.3 Å². The van der Waals surface area contributed by atoms with Gasteiger partial charge in [0.15, 0.2) is 0 Å². The van der Waals surface area contributed by atoms with Crippen LogP contribution in [-0.4, -0.2) is 48.3 Å². The number of nitrogens with zero attached hydrogens (tertiary/aromatic N) is 7. The van der Waals surface area contributed by atoms with Gasteiger partial charge in [-0.1, -0.05) is 36.4 Å². The fourth-order valence-corrected chi connectivity index (χ4v) is 7.59. The molecule has 2 N–H and O–H groups in total. The van der Waals surface area contributed by atoms with E-state index >= 15 is 0 Å². The van der Waals surface area contributed by atoms with Crippen molar-refractivity contribution in [2.75, 3.05) is 10.0 Å². The fourth-order valence-electron chi connectivity index (χ4n) is 6.03. The van der Waals surface area contributed by atoms with Gasteiger partial charge >= 0.3 is 0 Å². The summed E-state index contributed by atoms with van der Waals surface area (Å²) in [5.74, 6) is -3.74. The molecule has 13 nitrogen and oxygen atoms in total. The maximum Gasteiger partial charge on any atom is 0.269 e. The molecule has 2 aliphatic heterocycles. The quantitative estimate of drug-likeness (QED) is 0.140. The number of benzene rings is 3. The number of para-hydroxylation sites is 2. The van der Waals surface area contributed by atoms with Crippen molar-refractivity contribution in [2.45, 2.75) is 19.8 Å². The van der Waals surface area contributed by atoms with E-state index in [9.17, 15) is 29.9 Å². The largest absolute Gasteiger partial charge is 0.507 e. The lowest BCUT2D eigenvalue weighted by molar-refractivity contribution is -0.384. The molecule has 2 aliphatic rings. The van der Waals surface area contributed by atoms with E-state index < -0.39 is 34.5 Å². The summed E-state index contributed by atoms with van der Waals surface area (Å²) in [7, 11) is 0. The summed E-state index contributed by atoms with van der Waals surface area (Å²) < 4.78 is 0. The van der Waals surface area contributed by atoms with Crippen LogP contribution in [0.25, 0.3) is 22.5 Å². The molecule has 0 bridgehead atoms. The van der Waals surface area contributed by atoms with Gasteiger partial charge in [0, 0.05) is 51.4 Å². The zero-order chi connectivity index (χ0) is 33.7. The molecule has 15 heteroatoms. The molecule has 2 amide bonds. The third-order valence-corrected chi connectivity index (χ3v) is 9.89.